The molecule has 2 aromatic rings. The topological polar surface area (TPSA) is 64.9 Å². The first-order chi connectivity index (χ1) is 7.68. The molecule has 0 radical (unpaired) electrons. The molecule has 1 unspecified atom stereocenters. The van der Waals surface area contributed by atoms with E-state index < -0.39 is 0 Å². The largest absolute Gasteiger partial charge is 0.338 e. The molecule has 2 N–H and O–H groups in total. The molecule has 16 heavy (non-hydrogen) atoms. The van der Waals surface area contributed by atoms with Crippen LogP contribution in [-0.4, -0.2) is 10.1 Å². The summed E-state index contributed by atoms with van der Waals surface area (Å²) in [6, 6.07) is 5.04. The average Bonchev–Trinajstić information content (AvgIpc) is 2.78. The molecular formula is C10H9Cl2N3O. The molecule has 0 aliphatic heterocycles. The van der Waals surface area contributed by atoms with Gasteiger partial charge in [0, 0.05) is 0 Å². The average molecular weight is 258 g/mol. The van der Waals surface area contributed by atoms with E-state index in [2.05, 4.69) is 10.1 Å². The van der Waals surface area contributed by atoms with E-state index >= 15 is 0 Å². The first-order valence-corrected chi connectivity index (χ1v) is 5.39. The Morgan fingerprint density at radius 3 is 2.88 bits per heavy atom. The lowest BCUT2D eigenvalue weighted by Gasteiger charge is -2.09. The van der Waals surface area contributed by atoms with Gasteiger partial charge in [0.2, 0.25) is 5.89 Å². The van der Waals surface area contributed by atoms with E-state index in [4.69, 9.17) is 33.5 Å². The van der Waals surface area contributed by atoms with E-state index in [1.165, 1.54) is 6.33 Å². The fourth-order valence-electron chi connectivity index (χ4n) is 1.38. The Morgan fingerprint density at radius 2 is 2.19 bits per heavy atom. The first-order valence-electron chi connectivity index (χ1n) is 4.63. The number of nitrogens with zero attached hydrogens (tertiary/aromatic N) is 2. The highest BCUT2D eigenvalue weighted by atomic mass is 35.5. The van der Waals surface area contributed by atoms with Gasteiger partial charge in [0.15, 0.2) is 6.33 Å². The smallest absolute Gasteiger partial charge is 0.243 e. The van der Waals surface area contributed by atoms with Crippen molar-refractivity contribution in [3.8, 4) is 0 Å². The highest BCUT2D eigenvalue weighted by Gasteiger charge is 2.15. The zero-order chi connectivity index (χ0) is 11.5. The van der Waals surface area contributed by atoms with E-state index in [0.29, 0.717) is 22.4 Å². The quantitative estimate of drug-likeness (QED) is 0.918. The monoisotopic (exact) mass is 257 g/mol. The maximum atomic E-state index is 6.04. The van der Waals surface area contributed by atoms with E-state index in [-0.39, 0.29) is 6.04 Å². The predicted molar refractivity (Wildman–Crippen MR) is 61.4 cm³/mol. The number of aromatic nitrogens is 2. The minimum Gasteiger partial charge on any atom is -0.338 e. The molecular weight excluding hydrogens is 249 g/mol. The minimum atomic E-state index is -0.376. The number of benzene rings is 1. The molecule has 0 amide bonds. The van der Waals surface area contributed by atoms with Crippen LogP contribution in [0.1, 0.15) is 17.5 Å². The third-order valence-electron chi connectivity index (χ3n) is 2.17. The lowest BCUT2D eigenvalue weighted by Crippen LogP contribution is -2.14. The van der Waals surface area contributed by atoms with Gasteiger partial charge in [-0.1, -0.05) is 40.5 Å². The van der Waals surface area contributed by atoms with Gasteiger partial charge in [-0.15, -0.1) is 0 Å². The van der Waals surface area contributed by atoms with Crippen molar-refractivity contribution >= 4 is 23.2 Å². The maximum absolute atomic E-state index is 6.04. The summed E-state index contributed by atoms with van der Waals surface area (Å²) in [6.45, 7) is 0. The number of nitrogens with two attached hydrogens (primary N) is 1. The number of halogens is 2. The zero-order valence-electron chi connectivity index (χ0n) is 8.23. The van der Waals surface area contributed by atoms with Crippen LogP contribution >= 0.6 is 23.2 Å². The maximum Gasteiger partial charge on any atom is 0.243 e. The second-order valence-electron chi connectivity index (χ2n) is 3.30. The minimum absolute atomic E-state index is 0.376. The summed E-state index contributed by atoms with van der Waals surface area (Å²) in [5, 5.41) is 4.52. The Balaban J connectivity index is 2.18. The fourth-order valence-corrected chi connectivity index (χ4v) is 1.77. The van der Waals surface area contributed by atoms with Crippen molar-refractivity contribution < 1.29 is 4.52 Å². The molecule has 2 rings (SSSR count). The second kappa shape index (κ2) is 4.82. The van der Waals surface area contributed by atoms with Crippen LogP contribution in [0.15, 0.2) is 29.0 Å². The van der Waals surface area contributed by atoms with Gasteiger partial charge in [0.25, 0.3) is 0 Å². The van der Waals surface area contributed by atoms with Crippen LogP contribution in [0.25, 0.3) is 0 Å². The van der Waals surface area contributed by atoms with Crippen LogP contribution < -0.4 is 5.73 Å². The van der Waals surface area contributed by atoms with Crippen LogP contribution in [-0.2, 0) is 6.42 Å². The molecule has 0 saturated carbocycles. The van der Waals surface area contributed by atoms with E-state index in [1.54, 1.807) is 6.07 Å². The van der Waals surface area contributed by atoms with Crippen LogP contribution in [0.4, 0.5) is 0 Å². The van der Waals surface area contributed by atoms with E-state index in [9.17, 15) is 0 Å². The first kappa shape index (κ1) is 11.4. The summed E-state index contributed by atoms with van der Waals surface area (Å²) < 4.78 is 4.88. The molecule has 1 aromatic heterocycles. The van der Waals surface area contributed by atoms with Gasteiger partial charge in [-0.05, 0) is 18.1 Å². The third-order valence-corrected chi connectivity index (χ3v) is 3.02. The molecule has 4 nitrogen and oxygen atoms in total. The molecule has 0 aliphatic rings. The molecule has 1 aromatic carbocycles. The van der Waals surface area contributed by atoms with Gasteiger partial charge in [0.05, 0.1) is 16.1 Å². The predicted octanol–water partition coefficient (Wildman–Crippen LogP) is 2.62. The molecule has 0 fully saturated rings. The van der Waals surface area contributed by atoms with Crippen molar-refractivity contribution in [3.63, 3.8) is 0 Å². The van der Waals surface area contributed by atoms with Crippen molar-refractivity contribution in [2.45, 2.75) is 12.5 Å². The fraction of sp³-hybridized carbons (Fsp3) is 0.200. The molecule has 0 saturated heterocycles. The SMILES string of the molecule is NC(Cc1cccc(Cl)c1Cl)c1ncno1. The summed E-state index contributed by atoms with van der Waals surface area (Å²) in [5.41, 5.74) is 6.75. The third kappa shape index (κ3) is 2.35. The van der Waals surface area contributed by atoms with Crippen LogP contribution in [0, 0.1) is 0 Å². The van der Waals surface area contributed by atoms with Crippen LogP contribution in [0.3, 0.4) is 0 Å². The Labute approximate surface area is 102 Å². The van der Waals surface area contributed by atoms with Crippen molar-refractivity contribution in [1.29, 1.82) is 0 Å². The second-order valence-corrected chi connectivity index (χ2v) is 4.09. The molecule has 84 valence electrons. The molecule has 1 heterocycles. The molecule has 0 bridgehead atoms. The molecule has 6 heteroatoms. The standard InChI is InChI=1S/C10H9Cl2N3O/c11-7-3-1-2-6(9(7)12)4-8(13)10-14-5-15-16-10/h1-3,5,8H,4,13H2. The normalized spacial score (nSPS) is 12.7. The molecule has 0 spiro atoms. The molecule has 0 aliphatic carbocycles. The van der Waals surface area contributed by atoms with E-state index in [1.807, 2.05) is 12.1 Å². The van der Waals surface area contributed by atoms with Gasteiger partial charge in [0.1, 0.15) is 0 Å². The highest BCUT2D eigenvalue weighted by molar-refractivity contribution is 6.42. The number of rotatable bonds is 3. The van der Waals surface area contributed by atoms with Crippen molar-refractivity contribution in [2.24, 2.45) is 5.73 Å². The molecule has 1 atom stereocenters. The van der Waals surface area contributed by atoms with Crippen molar-refractivity contribution in [1.82, 2.24) is 10.1 Å². The summed E-state index contributed by atoms with van der Waals surface area (Å²) in [6.07, 6.45) is 1.82. The van der Waals surface area contributed by atoms with Gasteiger partial charge in [-0.2, -0.15) is 4.98 Å². The van der Waals surface area contributed by atoms with Crippen LogP contribution in [0.5, 0.6) is 0 Å². The van der Waals surface area contributed by atoms with Gasteiger partial charge in [-0.25, -0.2) is 0 Å². The van der Waals surface area contributed by atoms with Crippen molar-refractivity contribution in [3.05, 3.63) is 46.0 Å². The Hall–Kier alpha value is -1.10. The van der Waals surface area contributed by atoms with Gasteiger partial charge in [-0.3, -0.25) is 0 Å². The summed E-state index contributed by atoms with van der Waals surface area (Å²) in [4.78, 5) is 3.89. The highest BCUT2D eigenvalue weighted by Crippen LogP contribution is 2.28. The summed E-state index contributed by atoms with van der Waals surface area (Å²) >= 11 is 11.9. The summed E-state index contributed by atoms with van der Waals surface area (Å²) in [7, 11) is 0. The van der Waals surface area contributed by atoms with Gasteiger partial charge >= 0.3 is 0 Å². The zero-order valence-corrected chi connectivity index (χ0v) is 9.74. The van der Waals surface area contributed by atoms with E-state index in [0.717, 1.165) is 5.56 Å². The Bertz CT molecular complexity index is 473. The Morgan fingerprint density at radius 1 is 1.38 bits per heavy atom. The summed E-state index contributed by atoms with van der Waals surface area (Å²) in [5.74, 6) is 0.385. The number of hydrogen-bond acceptors (Lipinski definition) is 4. The lowest BCUT2D eigenvalue weighted by atomic mass is 10.1. The Kier molecular flexibility index (Phi) is 3.43. The number of hydrogen-bond donors (Lipinski definition) is 1. The lowest BCUT2D eigenvalue weighted by molar-refractivity contribution is 0.353. The van der Waals surface area contributed by atoms with Crippen molar-refractivity contribution in [2.75, 3.05) is 0 Å². The van der Waals surface area contributed by atoms with Crippen LogP contribution in [0.2, 0.25) is 10.0 Å². The van der Waals surface area contributed by atoms with Gasteiger partial charge < -0.3 is 10.3 Å².